The van der Waals surface area contributed by atoms with Crippen LogP contribution < -0.4 is 10.1 Å². The Morgan fingerprint density at radius 1 is 1.09 bits per heavy atom. The van der Waals surface area contributed by atoms with Gasteiger partial charge in [0.1, 0.15) is 5.75 Å². The van der Waals surface area contributed by atoms with Gasteiger partial charge in [0, 0.05) is 12.1 Å². The lowest BCUT2D eigenvalue weighted by atomic mass is 10.2. The number of hydrogen-bond acceptors (Lipinski definition) is 2. The van der Waals surface area contributed by atoms with Crippen LogP contribution in [0.3, 0.4) is 0 Å². The summed E-state index contributed by atoms with van der Waals surface area (Å²) in [5.41, 5.74) is 3.25. The molecule has 0 atom stereocenters. The second kappa shape index (κ2) is 8.23. The normalized spacial score (nSPS) is 10.3. The van der Waals surface area contributed by atoms with Gasteiger partial charge >= 0.3 is 0 Å². The van der Waals surface area contributed by atoms with Crippen LogP contribution in [0.2, 0.25) is 0 Å². The Morgan fingerprint density at radius 3 is 2.50 bits per heavy atom. The Balaban J connectivity index is 1.69. The average molecular weight is 297 g/mol. The highest BCUT2D eigenvalue weighted by Gasteiger charge is 2.04. The summed E-state index contributed by atoms with van der Waals surface area (Å²) >= 11 is 0. The zero-order chi connectivity index (χ0) is 15.8. The fourth-order valence-corrected chi connectivity index (χ4v) is 2.17. The number of ether oxygens (including phenoxy) is 1. The lowest BCUT2D eigenvalue weighted by Crippen LogP contribution is -2.13. The first kappa shape index (κ1) is 16.1. The van der Waals surface area contributed by atoms with Gasteiger partial charge in [-0.1, -0.05) is 37.3 Å². The summed E-state index contributed by atoms with van der Waals surface area (Å²) in [6, 6.07) is 15.9. The van der Waals surface area contributed by atoms with Crippen LogP contribution in [0.1, 0.15) is 30.9 Å². The molecule has 0 fully saturated rings. The predicted octanol–water partition coefficient (Wildman–Crippen LogP) is 4.36. The van der Waals surface area contributed by atoms with Crippen molar-refractivity contribution in [1.82, 2.24) is 0 Å². The number of anilines is 1. The van der Waals surface area contributed by atoms with E-state index in [1.807, 2.05) is 43.3 Å². The molecule has 2 aromatic carbocycles. The maximum absolute atomic E-state index is 11.9. The Hall–Kier alpha value is -2.29. The molecule has 0 aliphatic carbocycles. The lowest BCUT2D eigenvalue weighted by molar-refractivity contribution is -0.116. The fraction of sp³-hybridized carbons (Fsp3) is 0.316. The van der Waals surface area contributed by atoms with E-state index < -0.39 is 0 Å². The van der Waals surface area contributed by atoms with Crippen LogP contribution in [0.15, 0.2) is 48.5 Å². The molecule has 3 nitrogen and oxygen atoms in total. The molecule has 3 heteroatoms. The molecule has 0 heterocycles. The third-order valence-corrected chi connectivity index (χ3v) is 3.57. The summed E-state index contributed by atoms with van der Waals surface area (Å²) in [6.07, 6.45) is 2.19. The van der Waals surface area contributed by atoms with E-state index >= 15 is 0 Å². The molecule has 2 rings (SSSR count). The third-order valence-electron chi connectivity index (χ3n) is 3.57. The molecule has 0 aliphatic heterocycles. The summed E-state index contributed by atoms with van der Waals surface area (Å²) in [6.45, 7) is 4.66. The first-order valence-corrected chi connectivity index (χ1v) is 7.76. The van der Waals surface area contributed by atoms with Gasteiger partial charge in [0.15, 0.2) is 0 Å². The van der Waals surface area contributed by atoms with Crippen LogP contribution in [0.5, 0.6) is 5.75 Å². The summed E-state index contributed by atoms with van der Waals surface area (Å²) in [5, 5.41) is 2.93. The SMILES string of the molecule is CCc1ccc(OCCCC(=O)Nc2ccccc2C)cc1. The molecular formula is C19H23NO2. The second-order valence-electron chi connectivity index (χ2n) is 5.31. The molecule has 0 aliphatic rings. The van der Waals surface area contributed by atoms with Crippen LogP contribution in [-0.2, 0) is 11.2 Å². The van der Waals surface area contributed by atoms with Crippen molar-refractivity contribution >= 4 is 11.6 Å². The number of carbonyl (C=O) groups excluding carboxylic acids is 1. The van der Waals surface area contributed by atoms with Gasteiger partial charge in [-0.3, -0.25) is 4.79 Å². The van der Waals surface area contributed by atoms with E-state index in [-0.39, 0.29) is 5.91 Å². The number of para-hydroxylation sites is 1. The maximum atomic E-state index is 11.9. The molecule has 1 N–H and O–H groups in total. The fourth-order valence-electron chi connectivity index (χ4n) is 2.17. The molecule has 1 amide bonds. The van der Waals surface area contributed by atoms with E-state index in [0.29, 0.717) is 19.4 Å². The summed E-state index contributed by atoms with van der Waals surface area (Å²) in [7, 11) is 0. The van der Waals surface area contributed by atoms with Crippen molar-refractivity contribution in [3.8, 4) is 5.75 Å². The molecule has 0 radical (unpaired) electrons. The van der Waals surface area contributed by atoms with Gasteiger partial charge in [-0.15, -0.1) is 0 Å². The van der Waals surface area contributed by atoms with Gasteiger partial charge in [0.2, 0.25) is 5.91 Å². The van der Waals surface area contributed by atoms with E-state index in [9.17, 15) is 4.79 Å². The van der Waals surface area contributed by atoms with E-state index in [1.165, 1.54) is 5.56 Å². The van der Waals surface area contributed by atoms with E-state index in [1.54, 1.807) is 0 Å². The largest absolute Gasteiger partial charge is 0.494 e. The summed E-state index contributed by atoms with van der Waals surface area (Å²) in [5.74, 6) is 0.885. The monoisotopic (exact) mass is 297 g/mol. The van der Waals surface area contributed by atoms with Crippen LogP contribution >= 0.6 is 0 Å². The molecule has 0 saturated heterocycles. The quantitative estimate of drug-likeness (QED) is 0.771. The van der Waals surface area contributed by atoms with Crippen molar-refractivity contribution < 1.29 is 9.53 Å². The van der Waals surface area contributed by atoms with Gasteiger partial charge < -0.3 is 10.1 Å². The Bertz CT molecular complexity index is 605. The van der Waals surface area contributed by atoms with Crippen molar-refractivity contribution in [3.63, 3.8) is 0 Å². The highest BCUT2D eigenvalue weighted by atomic mass is 16.5. The van der Waals surface area contributed by atoms with Crippen LogP contribution in [-0.4, -0.2) is 12.5 Å². The lowest BCUT2D eigenvalue weighted by Gasteiger charge is -2.09. The Labute approximate surface area is 132 Å². The third kappa shape index (κ3) is 4.92. The van der Waals surface area contributed by atoms with Gasteiger partial charge in [-0.05, 0) is 49.1 Å². The minimum atomic E-state index is 0.0271. The topological polar surface area (TPSA) is 38.3 Å². The Morgan fingerprint density at radius 2 is 1.82 bits per heavy atom. The number of aryl methyl sites for hydroxylation is 2. The summed E-state index contributed by atoms with van der Waals surface area (Å²) in [4.78, 5) is 11.9. The zero-order valence-electron chi connectivity index (χ0n) is 13.3. The number of rotatable bonds is 7. The maximum Gasteiger partial charge on any atom is 0.224 e. The van der Waals surface area contributed by atoms with Crippen molar-refractivity contribution in [2.24, 2.45) is 0 Å². The molecule has 0 bridgehead atoms. The smallest absolute Gasteiger partial charge is 0.224 e. The standard InChI is InChI=1S/C19H23NO2/c1-3-16-10-12-17(13-11-16)22-14-6-9-19(21)20-18-8-5-4-7-15(18)2/h4-5,7-8,10-13H,3,6,9,14H2,1-2H3,(H,20,21). The molecule has 2 aromatic rings. The van der Waals surface area contributed by atoms with Gasteiger partial charge in [-0.25, -0.2) is 0 Å². The first-order valence-electron chi connectivity index (χ1n) is 7.76. The first-order chi connectivity index (χ1) is 10.7. The second-order valence-corrected chi connectivity index (χ2v) is 5.31. The minimum absolute atomic E-state index is 0.0271. The van der Waals surface area contributed by atoms with Gasteiger partial charge in [0.05, 0.1) is 6.61 Å². The van der Waals surface area contributed by atoms with Crippen molar-refractivity contribution in [2.45, 2.75) is 33.1 Å². The molecule has 22 heavy (non-hydrogen) atoms. The summed E-state index contributed by atoms with van der Waals surface area (Å²) < 4.78 is 5.65. The highest BCUT2D eigenvalue weighted by molar-refractivity contribution is 5.91. The van der Waals surface area contributed by atoms with Crippen molar-refractivity contribution in [3.05, 3.63) is 59.7 Å². The average Bonchev–Trinajstić information content (AvgIpc) is 2.54. The van der Waals surface area contributed by atoms with Crippen molar-refractivity contribution in [2.75, 3.05) is 11.9 Å². The van der Waals surface area contributed by atoms with Crippen LogP contribution in [0.25, 0.3) is 0 Å². The molecular weight excluding hydrogens is 274 g/mol. The van der Waals surface area contributed by atoms with E-state index in [4.69, 9.17) is 4.74 Å². The molecule has 0 aromatic heterocycles. The number of carbonyl (C=O) groups is 1. The van der Waals surface area contributed by atoms with Gasteiger partial charge in [-0.2, -0.15) is 0 Å². The number of nitrogens with one attached hydrogen (secondary N) is 1. The number of amides is 1. The predicted molar refractivity (Wildman–Crippen MR) is 90.4 cm³/mol. The number of benzene rings is 2. The van der Waals surface area contributed by atoms with E-state index in [2.05, 4.69) is 24.4 Å². The van der Waals surface area contributed by atoms with E-state index in [0.717, 1.165) is 23.4 Å². The molecule has 116 valence electrons. The molecule has 0 unspecified atom stereocenters. The Kier molecular flexibility index (Phi) is 6.01. The van der Waals surface area contributed by atoms with Crippen LogP contribution in [0.4, 0.5) is 5.69 Å². The minimum Gasteiger partial charge on any atom is -0.494 e. The van der Waals surface area contributed by atoms with Gasteiger partial charge in [0.25, 0.3) is 0 Å². The number of hydrogen-bond donors (Lipinski definition) is 1. The van der Waals surface area contributed by atoms with Crippen molar-refractivity contribution in [1.29, 1.82) is 0 Å². The highest BCUT2D eigenvalue weighted by Crippen LogP contribution is 2.15. The van der Waals surface area contributed by atoms with Crippen LogP contribution in [0, 0.1) is 6.92 Å². The zero-order valence-corrected chi connectivity index (χ0v) is 13.3. The molecule has 0 spiro atoms. The molecule has 0 saturated carbocycles.